The SMILES string of the molecule is COc1ccc(CC2(CO)CNCC2c2ccc3c(c2)OCO3)cc1OC. The summed E-state index contributed by atoms with van der Waals surface area (Å²) in [5.74, 6) is 3.13. The Morgan fingerprint density at radius 2 is 1.89 bits per heavy atom. The Morgan fingerprint density at radius 1 is 1.07 bits per heavy atom. The molecule has 6 heteroatoms. The van der Waals surface area contributed by atoms with Gasteiger partial charge in [0.1, 0.15) is 0 Å². The number of ether oxygens (including phenoxy) is 4. The number of rotatable bonds is 6. The van der Waals surface area contributed by atoms with E-state index in [-0.39, 0.29) is 24.7 Å². The summed E-state index contributed by atoms with van der Waals surface area (Å²) in [4.78, 5) is 0. The Bertz CT molecular complexity index is 824. The number of hydrogen-bond donors (Lipinski definition) is 2. The third-order valence-corrected chi connectivity index (χ3v) is 5.68. The first kappa shape index (κ1) is 17.9. The minimum atomic E-state index is -0.298. The zero-order chi connectivity index (χ0) is 18.9. The van der Waals surface area contributed by atoms with Gasteiger partial charge in [0.15, 0.2) is 23.0 Å². The van der Waals surface area contributed by atoms with Gasteiger partial charge in [0.2, 0.25) is 6.79 Å². The summed E-state index contributed by atoms with van der Waals surface area (Å²) in [6, 6.07) is 12.0. The molecule has 0 aliphatic carbocycles. The lowest BCUT2D eigenvalue weighted by Crippen LogP contribution is -2.35. The first-order chi connectivity index (χ1) is 13.2. The van der Waals surface area contributed by atoms with E-state index in [0.29, 0.717) is 11.5 Å². The second-order valence-electron chi connectivity index (χ2n) is 7.18. The van der Waals surface area contributed by atoms with Gasteiger partial charge in [-0.2, -0.15) is 0 Å². The molecule has 27 heavy (non-hydrogen) atoms. The van der Waals surface area contributed by atoms with Gasteiger partial charge in [-0.3, -0.25) is 0 Å². The maximum absolute atomic E-state index is 10.4. The molecule has 2 N–H and O–H groups in total. The molecular weight excluding hydrogens is 346 g/mol. The molecule has 0 radical (unpaired) electrons. The standard InChI is InChI=1S/C21H25NO5/c1-24-17-5-3-14(7-19(17)25-2)9-21(12-23)11-22-10-16(21)15-4-6-18-20(8-15)27-13-26-18/h3-8,16,22-23H,9-13H2,1-2H3. The monoisotopic (exact) mass is 371 g/mol. The highest BCUT2D eigenvalue weighted by Crippen LogP contribution is 2.45. The number of aliphatic hydroxyl groups is 1. The van der Waals surface area contributed by atoms with Crippen molar-refractivity contribution >= 4 is 0 Å². The lowest BCUT2D eigenvalue weighted by atomic mass is 9.71. The topological polar surface area (TPSA) is 69.2 Å². The van der Waals surface area contributed by atoms with Crippen LogP contribution in [0.25, 0.3) is 0 Å². The molecule has 2 unspecified atom stereocenters. The molecule has 144 valence electrons. The van der Waals surface area contributed by atoms with Gasteiger partial charge in [-0.05, 0) is 41.8 Å². The van der Waals surface area contributed by atoms with Gasteiger partial charge >= 0.3 is 0 Å². The Hall–Kier alpha value is -2.44. The summed E-state index contributed by atoms with van der Waals surface area (Å²) in [5, 5.41) is 13.8. The molecular formula is C21H25NO5. The van der Waals surface area contributed by atoms with Crippen LogP contribution in [0.5, 0.6) is 23.0 Å². The Labute approximate surface area is 159 Å². The van der Waals surface area contributed by atoms with Crippen molar-refractivity contribution in [3.05, 3.63) is 47.5 Å². The summed E-state index contributed by atoms with van der Waals surface area (Å²) < 4.78 is 21.7. The molecule has 2 heterocycles. The van der Waals surface area contributed by atoms with Gasteiger partial charge in [-0.25, -0.2) is 0 Å². The molecule has 0 spiro atoms. The second-order valence-corrected chi connectivity index (χ2v) is 7.18. The molecule has 2 aliphatic heterocycles. The molecule has 0 saturated carbocycles. The molecule has 0 amide bonds. The fourth-order valence-electron chi connectivity index (χ4n) is 4.21. The third-order valence-electron chi connectivity index (χ3n) is 5.68. The van der Waals surface area contributed by atoms with Crippen LogP contribution in [-0.4, -0.2) is 45.8 Å². The minimum absolute atomic E-state index is 0.0907. The summed E-state index contributed by atoms with van der Waals surface area (Å²) in [6.45, 7) is 1.91. The van der Waals surface area contributed by atoms with Gasteiger partial charge in [-0.1, -0.05) is 12.1 Å². The van der Waals surface area contributed by atoms with Crippen molar-refractivity contribution < 1.29 is 24.1 Å². The summed E-state index contributed by atoms with van der Waals surface area (Å²) in [7, 11) is 3.26. The molecule has 2 aliphatic rings. The van der Waals surface area contributed by atoms with Crippen molar-refractivity contribution in [3.8, 4) is 23.0 Å². The van der Waals surface area contributed by atoms with E-state index >= 15 is 0 Å². The van der Waals surface area contributed by atoms with E-state index in [1.54, 1.807) is 14.2 Å². The molecule has 0 bridgehead atoms. The van der Waals surface area contributed by atoms with Gasteiger partial charge in [0, 0.05) is 24.4 Å². The van der Waals surface area contributed by atoms with Crippen molar-refractivity contribution in [2.45, 2.75) is 12.3 Å². The molecule has 2 atom stereocenters. The second kappa shape index (κ2) is 7.29. The van der Waals surface area contributed by atoms with Crippen LogP contribution in [0.15, 0.2) is 36.4 Å². The van der Waals surface area contributed by atoms with Crippen LogP contribution in [0.4, 0.5) is 0 Å². The van der Waals surface area contributed by atoms with Crippen molar-refractivity contribution in [2.75, 3.05) is 40.7 Å². The third kappa shape index (κ3) is 3.19. The predicted octanol–water partition coefficient (Wildman–Crippen LogP) is 2.34. The van der Waals surface area contributed by atoms with Crippen LogP contribution in [0.2, 0.25) is 0 Å². The number of nitrogens with one attached hydrogen (secondary N) is 1. The van der Waals surface area contributed by atoms with Crippen molar-refractivity contribution in [1.29, 1.82) is 0 Å². The van der Waals surface area contributed by atoms with Gasteiger partial charge < -0.3 is 29.4 Å². The van der Waals surface area contributed by atoms with Crippen molar-refractivity contribution in [2.24, 2.45) is 5.41 Å². The van der Waals surface area contributed by atoms with E-state index in [9.17, 15) is 5.11 Å². The maximum atomic E-state index is 10.4. The van der Waals surface area contributed by atoms with Crippen LogP contribution in [-0.2, 0) is 6.42 Å². The van der Waals surface area contributed by atoms with Crippen LogP contribution in [0, 0.1) is 5.41 Å². The Kier molecular flexibility index (Phi) is 4.85. The lowest BCUT2D eigenvalue weighted by molar-refractivity contribution is 0.126. The van der Waals surface area contributed by atoms with Crippen LogP contribution in [0.3, 0.4) is 0 Å². The summed E-state index contributed by atoms with van der Waals surface area (Å²) in [6.07, 6.45) is 0.732. The van der Waals surface area contributed by atoms with E-state index in [2.05, 4.69) is 11.4 Å². The van der Waals surface area contributed by atoms with Crippen LogP contribution in [0.1, 0.15) is 17.0 Å². The Balaban J connectivity index is 1.64. The normalized spacial score (nSPS) is 23.4. The van der Waals surface area contributed by atoms with Gasteiger partial charge in [0.25, 0.3) is 0 Å². The predicted molar refractivity (Wildman–Crippen MR) is 101 cm³/mol. The number of aliphatic hydroxyl groups excluding tert-OH is 1. The highest BCUT2D eigenvalue weighted by atomic mass is 16.7. The van der Waals surface area contributed by atoms with E-state index in [1.165, 1.54) is 0 Å². The zero-order valence-corrected chi connectivity index (χ0v) is 15.7. The first-order valence-corrected chi connectivity index (χ1v) is 9.11. The molecule has 0 aromatic heterocycles. The number of fused-ring (bicyclic) bond motifs is 1. The highest BCUT2D eigenvalue weighted by Gasteiger charge is 2.43. The van der Waals surface area contributed by atoms with Crippen molar-refractivity contribution in [3.63, 3.8) is 0 Å². The number of hydrogen-bond acceptors (Lipinski definition) is 6. The van der Waals surface area contributed by atoms with E-state index in [0.717, 1.165) is 42.1 Å². The number of methoxy groups -OCH3 is 2. The smallest absolute Gasteiger partial charge is 0.231 e. The average Bonchev–Trinajstić information content (AvgIpc) is 3.34. The number of benzene rings is 2. The fourth-order valence-corrected chi connectivity index (χ4v) is 4.21. The van der Waals surface area contributed by atoms with Crippen molar-refractivity contribution in [1.82, 2.24) is 5.32 Å². The maximum Gasteiger partial charge on any atom is 0.231 e. The first-order valence-electron chi connectivity index (χ1n) is 9.11. The lowest BCUT2D eigenvalue weighted by Gasteiger charge is -2.33. The molecule has 4 rings (SSSR count). The Morgan fingerprint density at radius 3 is 2.67 bits per heavy atom. The molecule has 1 fully saturated rings. The quantitative estimate of drug-likeness (QED) is 0.812. The van der Waals surface area contributed by atoms with Crippen LogP contribution < -0.4 is 24.3 Å². The summed E-state index contributed by atoms with van der Waals surface area (Å²) in [5.41, 5.74) is 1.96. The van der Waals surface area contributed by atoms with Gasteiger partial charge in [-0.15, -0.1) is 0 Å². The fraction of sp³-hybridized carbons (Fsp3) is 0.429. The van der Waals surface area contributed by atoms with Gasteiger partial charge in [0.05, 0.1) is 20.8 Å². The van der Waals surface area contributed by atoms with E-state index < -0.39 is 0 Å². The summed E-state index contributed by atoms with van der Waals surface area (Å²) >= 11 is 0. The van der Waals surface area contributed by atoms with Crippen LogP contribution >= 0.6 is 0 Å². The molecule has 2 aromatic rings. The molecule has 1 saturated heterocycles. The van der Waals surface area contributed by atoms with E-state index in [1.807, 2.05) is 30.3 Å². The molecule has 2 aromatic carbocycles. The van der Waals surface area contributed by atoms with E-state index in [4.69, 9.17) is 18.9 Å². The molecule has 6 nitrogen and oxygen atoms in total. The zero-order valence-electron chi connectivity index (χ0n) is 15.7. The minimum Gasteiger partial charge on any atom is -0.493 e. The average molecular weight is 371 g/mol. The largest absolute Gasteiger partial charge is 0.493 e. The highest BCUT2D eigenvalue weighted by molar-refractivity contribution is 5.47.